The molecule has 3 amide bonds. The largest absolute Gasteiger partial charge is 0.378 e. The Balaban J connectivity index is 1.40. The van der Waals surface area contributed by atoms with E-state index in [0.29, 0.717) is 58.9 Å². The Morgan fingerprint density at radius 3 is 2.00 bits per heavy atom. The van der Waals surface area contributed by atoms with Crippen LogP contribution in [0.3, 0.4) is 0 Å². The fourth-order valence-corrected chi connectivity index (χ4v) is 3.51. The molecular formula is C17H27N3O5. The van der Waals surface area contributed by atoms with Crippen LogP contribution in [0.4, 0.5) is 0 Å². The van der Waals surface area contributed by atoms with Crippen molar-refractivity contribution in [1.82, 2.24) is 14.7 Å². The molecule has 3 aliphatic rings. The first-order chi connectivity index (χ1) is 12.1. The molecule has 3 rings (SSSR count). The van der Waals surface area contributed by atoms with E-state index in [-0.39, 0.29) is 12.0 Å². The third-order valence-corrected chi connectivity index (χ3v) is 5.11. The van der Waals surface area contributed by atoms with Crippen molar-refractivity contribution in [3.63, 3.8) is 0 Å². The Morgan fingerprint density at radius 2 is 1.40 bits per heavy atom. The normalized spacial score (nSPS) is 24.5. The van der Waals surface area contributed by atoms with Crippen molar-refractivity contribution in [2.24, 2.45) is 0 Å². The summed E-state index contributed by atoms with van der Waals surface area (Å²) in [5.74, 6) is -0.808. The number of nitrogens with zero attached hydrogens (tertiary/aromatic N) is 3. The van der Waals surface area contributed by atoms with Crippen LogP contribution in [0.5, 0.6) is 0 Å². The van der Waals surface area contributed by atoms with Crippen molar-refractivity contribution in [3.8, 4) is 0 Å². The molecule has 25 heavy (non-hydrogen) atoms. The predicted molar refractivity (Wildman–Crippen MR) is 88.8 cm³/mol. The molecule has 0 aromatic carbocycles. The fourth-order valence-electron chi connectivity index (χ4n) is 3.51. The summed E-state index contributed by atoms with van der Waals surface area (Å²) in [6.07, 6.45) is 3.60. The molecule has 0 saturated carbocycles. The van der Waals surface area contributed by atoms with E-state index in [1.165, 1.54) is 0 Å². The molecule has 0 aromatic rings. The number of hydrogen-bond acceptors (Lipinski definition) is 5. The van der Waals surface area contributed by atoms with Crippen molar-refractivity contribution in [2.75, 3.05) is 59.1 Å². The summed E-state index contributed by atoms with van der Waals surface area (Å²) in [5, 5.41) is 0. The highest BCUT2D eigenvalue weighted by atomic mass is 16.5. The van der Waals surface area contributed by atoms with E-state index in [1.54, 1.807) is 14.7 Å². The van der Waals surface area contributed by atoms with Gasteiger partial charge in [0.2, 0.25) is 5.91 Å². The van der Waals surface area contributed by atoms with Crippen LogP contribution in [0, 0.1) is 0 Å². The third-order valence-electron chi connectivity index (χ3n) is 5.11. The molecule has 140 valence electrons. The van der Waals surface area contributed by atoms with E-state index in [9.17, 15) is 14.4 Å². The van der Waals surface area contributed by atoms with E-state index in [1.807, 2.05) is 0 Å². The molecule has 3 aliphatic heterocycles. The lowest BCUT2D eigenvalue weighted by Gasteiger charge is -2.36. The molecule has 8 nitrogen and oxygen atoms in total. The van der Waals surface area contributed by atoms with Crippen LogP contribution in [-0.2, 0) is 23.9 Å². The van der Waals surface area contributed by atoms with Gasteiger partial charge in [0.25, 0.3) is 0 Å². The summed E-state index contributed by atoms with van der Waals surface area (Å²) in [5.41, 5.74) is 0. The monoisotopic (exact) mass is 353 g/mol. The Labute approximate surface area is 148 Å². The molecule has 3 saturated heterocycles. The number of ether oxygens (including phenoxy) is 2. The standard InChI is InChI=1S/C17H27N3O5/c21-15(4-3-14-2-1-11-25-14)18-5-7-19(8-6-18)16(22)17(23)20-9-12-24-13-10-20/h14H,1-13H2. The smallest absolute Gasteiger partial charge is 0.312 e. The number of carbonyl (C=O) groups excluding carboxylic acids is 3. The quantitative estimate of drug-likeness (QED) is 0.638. The molecule has 0 bridgehead atoms. The highest BCUT2D eigenvalue weighted by Crippen LogP contribution is 2.18. The van der Waals surface area contributed by atoms with Crippen LogP contribution in [-0.4, -0.2) is 97.6 Å². The number of carbonyl (C=O) groups is 3. The molecule has 0 radical (unpaired) electrons. The molecule has 3 heterocycles. The molecule has 8 heteroatoms. The lowest BCUT2D eigenvalue weighted by molar-refractivity contribution is -0.155. The van der Waals surface area contributed by atoms with Gasteiger partial charge in [0.1, 0.15) is 0 Å². The van der Waals surface area contributed by atoms with Gasteiger partial charge >= 0.3 is 11.8 Å². The number of amides is 3. The topological polar surface area (TPSA) is 79.4 Å². The summed E-state index contributed by atoms with van der Waals surface area (Å²) in [6.45, 7) is 4.51. The maximum absolute atomic E-state index is 12.3. The van der Waals surface area contributed by atoms with Crippen LogP contribution in [0.2, 0.25) is 0 Å². The van der Waals surface area contributed by atoms with Crippen LogP contribution in [0.25, 0.3) is 0 Å². The summed E-state index contributed by atoms with van der Waals surface area (Å²) in [4.78, 5) is 41.8. The van der Waals surface area contributed by atoms with E-state index in [2.05, 4.69) is 0 Å². The maximum Gasteiger partial charge on any atom is 0.312 e. The second-order valence-electron chi connectivity index (χ2n) is 6.75. The molecule has 1 unspecified atom stereocenters. The Bertz CT molecular complexity index is 493. The van der Waals surface area contributed by atoms with Gasteiger partial charge in [-0.3, -0.25) is 14.4 Å². The number of hydrogen-bond donors (Lipinski definition) is 0. The maximum atomic E-state index is 12.3. The van der Waals surface area contributed by atoms with Crippen molar-refractivity contribution in [2.45, 2.75) is 31.8 Å². The SMILES string of the molecule is O=C(CCC1CCCO1)N1CCN(C(=O)C(=O)N2CCOCC2)CC1. The number of piperazine rings is 1. The highest BCUT2D eigenvalue weighted by molar-refractivity contribution is 6.34. The fraction of sp³-hybridized carbons (Fsp3) is 0.824. The van der Waals surface area contributed by atoms with Gasteiger partial charge in [-0.05, 0) is 19.3 Å². The summed E-state index contributed by atoms with van der Waals surface area (Å²) in [6, 6.07) is 0. The second kappa shape index (κ2) is 8.62. The van der Waals surface area contributed by atoms with Gasteiger partial charge in [0.15, 0.2) is 0 Å². The molecular weight excluding hydrogens is 326 g/mol. The van der Waals surface area contributed by atoms with Gasteiger partial charge in [-0.25, -0.2) is 0 Å². The number of morpholine rings is 1. The van der Waals surface area contributed by atoms with E-state index in [4.69, 9.17) is 9.47 Å². The zero-order chi connectivity index (χ0) is 17.6. The average molecular weight is 353 g/mol. The zero-order valence-electron chi connectivity index (χ0n) is 14.7. The molecule has 3 fully saturated rings. The van der Waals surface area contributed by atoms with Crippen molar-refractivity contribution in [3.05, 3.63) is 0 Å². The predicted octanol–water partition coefficient (Wildman–Crippen LogP) is -0.525. The van der Waals surface area contributed by atoms with Gasteiger partial charge in [0, 0.05) is 52.3 Å². The minimum atomic E-state index is -0.464. The Kier molecular flexibility index (Phi) is 6.25. The van der Waals surface area contributed by atoms with Crippen LogP contribution < -0.4 is 0 Å². The van der Waals surface area contributed by atoms with Gasteiger partial charge in [-0.1, -0.05) is 0 Å². The summed E-state index contributed by atoms with van der Waals surface area (Å²) < 4.78 is 10.8. The molecule has 0 spiro atoms. The molecule has 0 aliphatic carbocycles. The van der Waals surface area contributed by atoms with Crippen molar-refractivity contribution in [1.29, 1.82) is 0 Å². The first kappa shape index (κ1) is 18.1. The average Bonchev–Trinajstić information content (AvgIpc) is 3.19. The van der Waals surface area contributed by atoms with Gasteiger partial charge in [0.05, 0.1) is 19.3 Å². The minimum Gasteiger partial charge on any atom is -0.378 e. The van der Waals surface area contributed by atoms with Crippen molar-refractivity contribution < 1.29 is 23.9 Å². The molecule has 1 atom stereocenters. The van der Waals surface area contributed by atoms with E-state index < -0.39 is 11.8 Å². The first-order valence-electron chi connectivity index (χ1n) is 9.20. The Hall–Kier alpha value is -1.67. The lowest BCUT2D eigenvalue weighted by atomic mass is 10.1. The first-order valence-corrected chi connectivity index (χ1v) is 9.20. The second-order valence-corrected chi connectivity index (χ2v) is 6.75. The number of rotatable bonds is 3. The van der Waals surface area contributed by atoms with Gasteiger partial charge in [-0.15, -0.1) is 0 Å². The van der Waals surface area contributed by atoms with Crippen LogP contribution in [0.1, 0.15) is 25.7 Å². The van der Waals surface area contributed by atoms with Crippen molar-refractivity contribution >= 4 is 17.7 Å². The van der Waals surface area contributed by atoms with E-state index >= 15 is 0 Å². The van der Waals surface area contributed by atoms with Gasteiger partial charge < -0.3 is 24.2 Å². The summed E-state index contributed by atoms with van der Waals surface area (Å²) >= 11 is 0. The minimum absolute atomic E-state index is 0.113. The zero-order valence-corrected chi connectivity index (χ0v) is 14.7. The van der Waals surface area contributed by atoms with E-state index in [0.717, 1.165) is 25.9 Å². The molecule has 0 N–H and O–H groups in total. The third kappa shape index (κ3) is 4.70. The highest BCUT2D eigenvalue weighted by Gasteiger charge is 2.31. The lowest BCUT2D eigenvalue weighted by Crippen LogP contribution is -2.55. The van der Waals surface area contributed by atoms with Crippen LogP contribution >= 0.6 is 0 Å². The van der Waals surface area contributed by atoms with Crippen LogP contribution in [0.15, 0.2) is 0 Å². The molecule has 0 aromatic heterocycles. The summed E-state index contributed by atoms with van der Waals surface area (Å²) in [7, 11) is 0. The Morgan fingerprint density at radius 1 is 0.800 bits per heavy atom. The van der Waals surface area contributed by atoms with Gasteiger partial charge in [-0.2, -0.15) is 0 Å².